The summed E-state index contributed by atoms with van der Waals surface area (Å²) in [7, 11) is -3.81. The zero-order valence-corrected chi connectivity index (χ0v) is 34.9. The molecule has 16 nitrogen and oxygen atoms in total. The normalized spacial score (nSPS) is 22.5. The van der Waals surface area contributed by atoms with Crippen LogP contribution in [-0.2, 0) is 25.2 Å². The van der Waals surface area contributed by atoms with E-state index in [-0.39, 0.29) is 109 Å². The van der Waals surface area contributed by atoms with Crippen LogP contribution < -0.4 is 15.5 Å². The number of amides is 5. The van der Waals surface area contributed by atoms with E-state index in [9.17, 15) is 46.3 Å². The van der Waals surface area contributed by atoms with Gasteiger partial charge in [-0.1, -0.05) is 6.07 Å². The number of benzene rings is 1. The minimum absolute atomic E-state index is 0.0233. The quantitative estimate of drug-likeness (QED) is 0.161. The maximum Gasteiger partial charge on any atom is 0.274 e. The summed E-state index contributed by atoms with van der Waals surface area (Å²) >= 11 is 0. The molecule has 3 aromatic heterocycles. The van der Waals surface area contributed by atoms with Crippen LogP contribution in [0.4, 0.5) is 28.9 Å². The average molecular weight is 895 g/mol. The molecule has 3 N–H and O–H groups in total. The van der Waals surface area contributed by atoms with Gasteiger partial charge in [0.25, 0.3) is 23.6 Å². The highest BCUT2D eigenvalue weighted by atomic mass is 32.2. The van der Waals surface area contributed by atoms with Gasteiger partial charge >= 0.3 is 0 Å². The van der Waals surface area contributed by atoms with Crippen molar-refractivity contribution in [3.05, 3.63) is 88.1 Å². The van der Waals surface area contributed by atoms with E-state index in [4.69, 9.17) is 0 Å². The number of alkyl halides is 2. The Labute approximate surface area is 357 Å². The second-order valence-corrected chi connectivity index (χ2v) is 19.5. The largest absolute Gasteiger partial charge is 0.386 e. The van der Waals surface area contributed by atoms with E-state index >= 15 is 8.78 Å². The number of halogens is 4. The smallest absolute Gasteiger partial charge is 0.274 e. The van der Waals surface area contributed by atoms with E-state index < -0.39 is 79.9 Å². The fraction of sp³-hybridized carbons (Fsp3) is 0.452. The molecule has 0 spiro atoms. The molecule has 3 saturated heterocycles. The highest BCUT2D eigenvalue weighted by Gasteiger charge is 2.58. The maximum absolute atomic E-state index is 16.2. The molecule has 4 aliphatic heterocycles. The Hall–Kier alpha value is -5.80. The number of fused-ring (bicyclic) bond motifs is 2. The summed E-state index contributed by atoms with van der Waals surface area (Å²) in [6.07, 6.45) is 3.51. The molecule has 4 fully saturated rings. The van der Waals surface area contributed by atoms with E-state index in [2.05, 4.69) is 20.6 Å². The van der Waals surface area contributed by atoms with Crippen molar-refractivity contribution >= 4 is 56.6 Å². The van der Waals surface area contributed by atoms with Crippen molar-refractivity contribution < 1.29 is 55.1 Å². The lowest BCUT2D eigenvalue weighted by molar-refractivity contribution is -0.136. The molecule has 2 atom stereocenters. The number of hydrogen-bond acceptors (Lipinski definition) is 11. The first kappa shape index (κ1) is 42.5. The van der Waals surface area contributed by atoms with Crippen molar-refractivity contribution in [1.29, 1.82) is 0 Å². The number of nitrogens with zero attached hydrogens (tertiary/aromatic N) is 6. The Bertz CT molecular complexity index is 2740. The summed E-state index contributed by atoms with van der Waals surface area (Å²) in [5, 5.41) is 14.9. The Morgan fingerprint density at radius 2 is 1.59 bits per heavy atom. The van der Waals surface area contributed by atoms with E-state index in [1.165, 1.54) is 53.0 Å². The van der Waals surface area contributed by atoms with Crippen LogP contribution in [0.5, 0.6) is 0 Å². The fourth-order valence-corrected chi connectivity index (χ4v) is 11.2. The van der Waals surface area contributed by atoms with Crippen molar-refractivity contribution in [1.82, 2.24) is 28.9 Å². The minimum atomic E-state index is -3.81. The number of pyridine rings is 2. The predicted molar refractivity (Wildman–Crippen MR) is 216 cm³/mol. The number of anilines is 2. The van der Waals surface area contributed by atoms with Crippen molar-refractivity contribution in [2.45, 2.75) is 93.4 Å². The summed E-state index contributed by atoms with van der Waals surface area (Å²) in [6, 6.07) is 5.19. The van der Waals surface area contributed by atoms with Crippen molar-refractivity contribution in [3.63, 3.8) is 0 Å². The summed E-state index contributed by atoms with van der Waals surface area (Å²) in [6.45, 7) is 3.26. The Morgan fingerprint density at radius 3 is 2.22 bits per heavy atom. The second-order valence-electron chi connectivity index (χ2n) is 17.3. The molecule has 21 heteroatoms. The van der Waals surface area contributed by atoms with E-state index in [0.717, 1.165) is 11.0 Å². The minimum Gasteiger partial charge on any atom is -0.386 e. The second kappa shape index (κ2) is 15.2. The third-order valence-corrected chi connectivity index (χ3v) is 15.1. The van der Waals surface area contributed by atoms with Gasteiger partial charge in [-0.15, -0.1) is 0 Å². The zero-order valence-electron chi connectivity index (χ0n) is 34.0. The highest BCUT2D eigenvalue weighted by molar-refractivity contribution is 7.89. The van der Waals surface area contributed by atoms with Gasteiger partial charge in [0.1, 0.15) is 17.6 Å². The van der Waals surface area contributed by atoms with Gasteiger partial charge < -0.3 is 19.7 Å². The SMILES string of the molecule is CC(C)(O)c1c(NC(=O)c2cccc(C3CC3(F)F)n2)cn2cc(C3CCN(S(=O)(=O)C4CCN(c5cc6c(cc5F)C(=O)N(C5CCC(=O)NC5=O)C6=O)CC4)CC3)nc2c1F. The van der Waals surface area contributed by atoms with Crippen molar-refractivity contribution in [2.75, 3.05) is 36.4 Å². The molecule has 0 bridgehead atoms. The van der Waals surface area contributed by atoms with Gasteiger partial charge in [0.2, 0.25) is 21.8 Å². The summed E-state index contributed by atoms with van der Waals surface area (Å²) < 4.78 is 89.8. The number of piperidine rings is 3. The maximum atomic E-state index is 16.2. The number of rotatable bonds is 9. The van der Waals surface area contributed by atoms with Crippen LogP contribution in [0, 0.1) is 11.6 Å². The molecule has 7 heterocycles. The van der Waals surface area contributed by atoms with E-state index in [0.29, 0.717) is 18.5 Å². The van der Waals surface area contributed by atoms with E-state index in [1.807, 2.05) is 0 Å². The number of aromatic nitrogens is 3. The molecule has 1 aromatic carbocycles. The van der Waals surface area contributed by atoms with Crippen LogP contribution in [0.2, 0.25) is 0 Å². The molecule has 1 saturated carbocycles. The fourth-order valence-electron chi connectivity index (χ4n) is 9.22. The lowest BCUT2D eigenvalue weighted by Gasteiger charge is -2.37. The van der Waals surface area contributed by atoms with Crippen molar-refractivity contribution in [2.24, 2.45) is 0 Å². The Balaban J connectivity index is 0.851. The standard InChI is InChI=1S/C42H42F4N8O8S/c1-41(2,60)34-30(49-37(56)28-5-3-4-27(47-28)25-18-42(25,45)46)20-52-19-29(48-36(52)35(34)44)21-8-14-53(15-9-21)63(61,62)22-10-12-51(13-11-22)32-17-24-23(16-26(32)43)39(58)54(40(24)59)31-6-7-33(55)50-38(31)57/h3-5,16-17,19-22,25,31,60H,6-15,18H2,1-2H3,(H,49,56)(H,50,55,57). The number of carbonyl (C=O) groups excluding carboxylic acids is 5. The van der Waals surface area contributed by atoms with Crippen LogP contribution in [0.3, 0.4) is 0 Å². The predicted octanol–water partition coefficient (Wildman–Crippen LogP) is 4.19. The van der Waals surface area contributed by atoms with Crippen LogP contribution in [0.15, 0.2) is 42.7 Å². The van der Waals surface area contributed by atoms with E-state index in [1.54, 1.807) is 11.1 Å². The van der Waals surface area contributed by atoms with Crippen LogP contribution in [0.25, 0.3) is 5.65 Å². The number of sulfonamides is 1. The average Bonchev–Trinajstić information content (AvgIpc) is 3.54. The molecular weight excluding hydrogens is 853 g/mol. The van der Waals surface area contributed by atoms with Crippen LogP contribution in [0.1, 0.15) is 119 Å². The van der Waals surface area contributed by atoms with Gasteiger partial charge in [-0.2, -0.15) is 0 Å². The van der Waals surface area contributed by atoms with Gasteiger partial charge in [-0.05, 0) is 70.2 Å². The monoisotopic (exact) mass is 894 g/mol. The molecule has 9 rings (SSSR count). The molecular formula is C42H42F4N8O8S. The zero-order chi connectivity index (χ0) is 44.9. The summed E-state index contributed by atoms with van der Waals surface area (Å²) in [4.78, 5) is 74.9. The molecule has 2 unspecified atom stereocenters. The topological polar surface area (TPSA) is 204 Å². The van der Waals surface area contributed by atoms with Crippen LogP contribution in [-0.4, -0.2) is 110 Å². The van der Waals surface area contributed by atoms with Crippen molar-refractivity contribution in [3.8, 4) is 0 Å². The van der Waals surface area contributed by atoms with Gasteiger partial charge in [-0.3, -0.25) is 34.2 Å². The summed E-state index contributed by atoms with van der Waals surface area (Å²) in [5.74, 6) is -9.65. The van der Waals surface area contributed by atoms with Gasteiger partial charge in [0.15, 0.2) is 11.5 Å². The van der Waals surface area contributed by atoms with Gasteiger partial charge in [-0.25, -0.2) is 40.3 Å². The first-order chi connectivity index (χ1) is 29.7. The van der Waals surface area contributed by atoms with Gasteiger partial charge in [0.05, 0.1) is 50.7 Å². The summed E-state index contributed by atoms with van der Waals surface area (Å²) in [5.41, 5.74) is -2.15. The number of nitrogens with one attached hydrogen (secondary N) is 2. The third-order valence-electron chi connectivity index (χ3n) is 12.7. The Kier molecular flexibility index (Phi) is 10.2. The lowest BCUT2D eigenvalue weighted by atomic mass is 9.95. The highest BCUT2D eigenvalue weighted by Crippen LogP contribution is 2.55. The molecule has 63 heavy (non-hydrogen) atoms. The van der Waals surface area contributed by atoms with Gasteiger partial charge in [0, 0.05) is 62.9 Å². The number of imidazole rings is 1. The number of aliphatic hydroxyl groups is 1. The molecule has 5 aliphatic rings. The first-order valence-corrected chi connectivity index (χ1v) is 22.1. The first-order valence-electron chi connectivity index (χ1n) is 20.6. The lowest BCUT2D eigenvalue weighted by Crippen LogP contribution is -2.54. The number of carbonyl (C=O) groups is 5. The number of hydrogen-bond donors (Lipinski definition) is 3. The molecule has 332 valence electrons. The Morgan fingerprint density at radius 1 is 0.921 bits per heavy atom. The molecule has 0 radical (unpaired) electrons. The molecule has 1 aliphatic carbocycles. The third kappa shape index (κ3) is 7.52. The molecule has 4 aromatic rings. The van der Waals surface area contributed by atoms with Crippen LogP contribution >= 0.6 is 0 Å². The number of imide groups is 2. The molecule has 5 amide bonds.